The topological polar surface area (TPSA) is 122 Å². The molecule has 3 aromatic rings. The molecule has 0 unspecified atom stereocenters. The minimum atomic E-state index is -0.547. The van der Waals surface area contributed by atoms with Gasteiger partial charge in [0.1, 0.15) is 5.75 Å². The molecule has 0 aromatic heterocycles. The minimum Gasteiger partial charge on any atom is -0.483 e. The van der Waals surface area contributed by atoms with Gasteiger partial charge in [0.15, 0.2) is 6.61 Å². The monoisotopic (exact) mass is 594 g/mol. The fraction of sp³-hybridized carbons (Fsp3) is 0.207. The summed E-state index contributed by atoms with van der Waals surface area (Å²) in [4.78, 5) is 52.4. The number of carbonyl (C=O) groups excluding carboxylic acids is 3. The molecule has 1 saturated heterocycles. The van der Waals surface area contributed by atoms with Crippen LogP contribution in [0, 0.1) is 10.1 Å². The molecule has 1 fully saturated rings. The van der Waals surface area contributed by atoms with Gasteiger partial charge in [0.2, 0.25) is 0 Å². The molecule has 212 valence electrons. The lowest BCUT2D eigenvalue weighted by Gasteiger charge is -2.22. The Balaban J connectivity index is 1.55. The van der Waals surface area contributed by atoms with Crippen LogP contribution in [0.5, 0.6) is 5.75 Å². The number of benzene rings is 3. The van der Waals surface area contributed by atoms with Gasteiger partial charge in [-0.25, -0.2) is 0 Å². The van der Waals surface area contributed by atoms with E-state index in [2.05, 4.69) is 10.2 Å². The SMILES string of the molecule is CCN(CC)c1ccc(/C=C2\SC(=O)N(Cc3ccc(Cl)cc3)C2=O)c(OCC(=O)Nc2cccc([N+](=O)[O-])c2)c1. The van der Waals surface area contributed by atoms with Crippen molar-refractivity contribution in [3.63, 3.8) is 0 Å². The highest BCUT2D eigenvalue weighted by molar-refractivity contribution is 8.18. The number of nitrogens with zero attached hydrogens (tertiary/aromatic N) is 3. The molecule has 1 aliphatic heterocycles. The molecule has 0 spiro atoms. The second-order valence-corrected chi connectivity index (χ2v) is 10.4. The summed E-state index contributed by atoms with van der Waals surface area (Å²) in [6, 6.07) is 17.9. The third-order valence-electron chi connectivity index (χ3n) is 6.24. The summed E-state index contributed by atoms with van der Waals surface area (Å²) in [7, 11) is 0. The van der Waals surface area contributed by atoms with Crippen LogP contribution < -0.4 is 15.0 Å². The van der Waals surface area contributed by atoms with Gasteiger partial charge in [-0.05, 0) is 67.6 Å². The lowest BCUT2D eigenvalue weighted by molar-refractivity contribution is -0.384. The molecule has 1 heterocycles. The highest BCUT2D eigenvalue weighted by Gasteiger charge is 2.35. The molecule has 10 nitrogen and oxygen atoms in total. The first-order valence-corrected chi connectivity index (χ1v) is 13.9. The Labute approximate surface area is 246 Å². The Morgan fingerprint density at radius 1 is 1.10 bits per heavy atom. The van der Waals surface area contributed by atoms with E-state index in [4.69, 9.17) is 16.3 Å². The Kier molecular flexibility index (Phi) is 9.64. The molecule has 0 saturated carbocycles. The van der Waals surface area contributed by atoms with Crippen LogP contribution in [0.15, 0.2) is 71.6 Å². The van der Waals surface area contributed by atoms with E-state index in [1.54, 1.807) is 42.5 Å². The van der Waals surface area contributed by atoms with Crippen molar-refractivity contribution in [2.45, 2.75) is 20.4 Å². The van der Waals surface area contributed by atoms with Crippen molar-refractivity contribution in [3.8, 4) is 5.75 Å². The summed E-state index contributed by atoms with van der Waals surface area (Å²) in [6.07, 6.45) is 1.58. The summed E-state index contributed by atoms with van der Waals surface area (Å²) < 4.78 is 5.89. The number of halogens is 1. The lowest BCUT2D eigenvalue weighted by Crippen LogP contribution is -2.27. The fourth-order valence-corrected chi connectivity index (χ4v) is 5.10. The summed E-state index contributed by atoms with van der Waals surface area (Å²) >= 11 is 6.77. The van der Waals surface area contributed by atoms with Crippen LogP contribution in [-0.2, 0) is 16.1 Å². The third kappa shape index (κ3) is 7.44. The maximum atomic E-state index is 13.1. The van der Waals surface area contributed by atoms with Crippen LogP contribution in [0.4, 0.5) is 21.9 Å². The zero-order valence-corrected chi connectivity index (χ0v) is 23.9. The van der Waals surface area contributed by atoms with Crippen molar-refractivity contribution in [2.24, 2.45) is 0 Å². The van der Waals surface area contributed by atoms with Crippen molar-refractivity contribution >= 4 is 63.6 Å². The van der Waals surface area contributed by atoms with Gasteiger partial charge in [0, 0.05) is 53.2 Å². The van der Waals surface area contributed by atoms with Crippen molar-refractivity contribution in [1.82, 2.24) is 4.90 Å². The Hall–Kier alpha value is -4.35. The molecule has 4 rings (SSSR count). The van der Waals surface area contributed by atoms with Gasteiger partial charge in [-0.1, -0.05) is 29.8 Å². The molecule has 3 amide bonds. The summed E-state index contributed by atoms with van der Waals surface area (Å²) in [5.74, 6) is -0.613. The molecule has 1 N–H and O–H groups in total. The van der Waals surface area contributed by atoms with E-state index >= 15 is 0 Å². The van der Waals surface area contributed by atoms with E-state index in [-0.39, 0.29) is 29.4 Å². The smallest absolute Gasteiger partial charge is 0.293 e. The number of hydrogen-bond donors (Lipinski definition) is 1. The Morgan fingerprint density at radius 3 is 2.51 bits per heavy atom. The number of nitro benzene ring substituents is 1. The van der Waals surface area contributed by atoms with Gasteiger partial charge >= 0.3 is 0 Å². The van der Waals surface area contributed by atoms with Crippen LogP contribution in [0.3, 0.4) is 0 Å². The first-order chi connectivity index (χ1) is 19.7. The maximum Gasteiger partial charge on any atom is 0.293 e. The minimum absolute atomic E-state index is 0.112. The van der Waals surface area contributed by atoms with E-state index in [9.17, 15) is 24.5 Å². The number of non-ortho nitro benzene ring substituents is 1. The van der Waals surface area contributed by atoms with E-state index < -0.39 is 22.0 Å². The predicted octanol–water partition coefficient (Wildman–Crippen LogP) is 6.35. The number of hydrogen-bond acceptors (Lipinski definition) is 8. The molecule has 0 atom stereocenters. The van der Waals surface area contributed by atoms with Crippen LogP contribution in [-0.4, -0.2) is 46.6 Å². The normalized spacial score (nSPS) is 13.9. The average Bonchev–Trinajstić information content (AvgIpc) is 3.22. The summed E-state index contributed by atoms with van der Waals surface area (Å²) in [5.41, 5.74) is 2.25. The maximum absolute atomic E-state index is 13.1. The zero-order chi connectivity index (χ0) is 29.5. The van der Waals surface area contributed by atoms with Crippen molar-refractivity contribution < 1.29 is 24.0 Å². The number of amides is 3. The standard InChI is InChI=1S/C29H27ClN4O6S/c1-3-32(4-2)23-13-10-20(14-26-28(36)33(29(37)41-26)17-19-8-11-21(30)12-9-19)25(16-23)40-18-27(35)31-22-6-5-7-24(15-22)34(38)39/h5-16H,3-4,17-18H2,1-2H3,(H,31,35)/b26-14-. The average molecular weight is 595 g/mol. The molecule has 41 heavy (non-hydrogen) atoms. The second-order valence-electron chi connectivity index (χ2n) is 8.93. The number of nitrogens with one attached hydrogen (secondary N) is 1. The molecule has 12 heteroatoms. The number of rotatable bonds is 11. The van der Waals surface area contributed by atoms with Crippen LogP contribution in [0.1, 0.15) is 25.0 Å². The van der Waals surface area contributed by atoms with E-state index in [0.717, 1.165) is 41.0 Å². The fourth-order valence-electron chi connectivity index (χ4n) is 4.14. The quantitative estimate of drug-likeness (QED) is 0.155. The zero-order valence-electron chi connectivity index (χ0n) is 22.3. The van der Waals surface area contributed by atoms with Gasteiger partial charge in [-0.2, -0.15) is 0 Å². The van der Waals surface area contributed by atoms with Gasteiger partial charge in [0.25, 0.3) is 22.7 Å². The van der Waals surface area contributed by atoms with Crippen molar-refractivity contribution in [1.29, 1.82) is 0 Å². The molecule has 0 aliphatic carbocycles. The number of nitro groups is 1. The molecular formula is C29H27ClN4O6S. The number of ether oxygens (including phenoxy) is 1. The Morgan fingerprint density at radius 2 is 1.83 bits per heavy atom. The second kappa shape index (κ2) is 13.3. The highest BCUT2D eigenvalue weighted by Crippen LogP contribution is 2.36. The predicted molar refractivity (Wildman–Crippen MR) is 160 cm³/mol. The third-order valence-corrected chi connectivity index (χ3v) is 7.40. The van der Waals surface area contributed by atoms with E-state index in [1.807, 2.05) is 19.9 Å². The van der Waals surface area contributed by atoms with Crippen LogP contribution >= 0.6 is 23.4 Å². The van der Waals surface area contributed by atoms with E-state index in [0.29, 0.717) is 16.3 Å². The summed E-state index contributed by atoms with van der Waals surface area (Å²) in [6.45, 7) is 5.24. The first kappa shape index (κ1) is 29.6. The molecule has 3 aromatic carbocycles. The van der Waals surface area contributed by atoms with Crippen LogP contribution in [0.2, 0.25) is 5.02 Å². The van der Waals surface area contributed by atoms with Crippen molar-refractivity contribution in [3.05, 3.63) is 97.9 Å². The largest absolute Gasteiger partial charge is 0.483 e. The molecule has 0 bridgehead atoms. The number of carbonyl (C=O) groups is 3. The van der Waals surface area contributed by atoms with Crippen molar-refractivity contribution in [2.75, 3.05) is 29.9 Å². The van der Waals surface area contributed by atoms with E-state index in [1.165, 1.54) is 24.3 Å². The molecule has 0 radical (unpaired) electrons. The van der Waals surface area contributed by atoms with Crippen LogP contribution in [0.25, 0.3) is 6.08 Å². The Bertz CT molecular complexity index is 1510. The van der Waals surface area contributed by atoms with Gasteiger partial charge in [0.05, 0.1) is 16.4 Å². The van der Waals surface area contributed by atoms with Gasteiger partial charge in [-0.3, -0.25) is 29.4 Å². The van der Waals surface area contributed by atoms with Gasteiger partial charge < -0.3 is 15.0 Å². The number of thioether (sulfide) groups is 1. The molecule has 1 aliphatic rings. The summed E-state index contributed by atoms with van der Waals surface area (Å²) in [5, 5.41) is 13.8. The van der Waals surface area contributed by atoms with Gasteiger partial charge in [-0.15, -0.1) is 0 Å². The highest BCUT2D eigenvalue weighted by atomic mass is 35.5. The number of anilines is 2. The molecular weight excluding hydrogens is 568 g/mol. The number of imide groups is 1. The first-order valence-electron chi connectivity index (χ1n) is 12.7. The lowest BCUT2D eigenvalue weighted by atomic mass is 10.1.